The van der Waals surface area contributed by atoms with Gasteiger partial charge in [0.05, 0.1) is 22.3 Å². The second kappa shape index (κ2) is 6.44. The fourth-order valence-electron chi connectivity index (χ4n) is 1.49. The smallest absolute Gasteiger partial charge is 0.184 e. The second-order valence-corrected chi connectivity index (χ2v) is 6.06. The summed E-state index contributed by atoms with van der Waals surface area (Å²) >= 11 is 0. The molecule has 0 saturated carbocycles. The van der Waals surface area contributed by atoms with Gasteiger partial charge in [-0.1, -0.05) is 0 Å². The highest BCUT2D eigenvalue weighted by Crippen LogP contribution is 2.35. The van der Waals surface area contributed by atoms with Crippen molar-refractivity contribution in [3.63, 3.8) is 0 Å². The first-order chi connectivity index (χ1) is 8.91. The van der Waals surface area contributed by atoms with Crippen molar-refractivity contribution < 1.29 is 57.8 Å². The van der Waals surface area contributed by atoms with E-state index in [2.05, 4.69) is 13.8 Å². The van der Waals surface area contributed by atoms with Crippen molar-refractivity contribution >= 4 is 15.6 Å². The van der Waals surface area contributed by atoms with Crippen LogP contribution in [0.2, 0.25) is 0 Å². The van der Waals surface area contributed by atoms with E-state index in [4.69, 9.17) is 0 Å². The molecule has 1 aliphatic heterocycles. The van der Waals surface area contributed by atoms with Crippen LogP contribution in [0.4, 0.5) is 0 Å². The fraction of sp³-hybridized carbons (Fsp3) is 1.00. The first-order valence-electron chi connectivity index (χ1n) is 4.97. The molecule has 14 heteroatoms. The van der Waals surface area contributed by atoms with Gasteiger partial charge in [0.25, 0.3) is 0 Å². The maximum atomic E-state index is 10.5. The average Bonchev–Trinajstić information content (AvgIpc) is 2.25. The van der Waals surface area contributed by atoms with Gasteiger partial charge in [0.1, 0.15) is 24.4 Å². The van der Waals surface area contributed by atoms with Crippen molar-refractivity contribution in [1.29, 1.82) is 0 Å². The van der Waals surface area contributed by atoms with Crippen LogP contribution in [-0.4, -0.2) is 52.6 Å². The van der Waals surface area contributed by atoms with Gasteiger partial charge >= 0.3 is 0 Å². The minimum Gasteiger partial charge on any atom is -0.790 e. The molecule has 0 aromatic heterocycles. The zero-order valence-corrected chi connectivity index (χ0v) is 11.3. The predicted octanol–water partition coefficient (Wildman–Crippen LogP) is -5.52. The van der Waals surface area contributed by atoms with Gasteiger partial charge in [0.15, 0.2) is 6.29 Å². The molecule has 0 spiro atoms. The minimum atomic E-state index is -5.62. The average molecular weight is 336 g/mol. The van der Waals surface area contributed by atoms with Crippen LogP contribution in [0.15, 0.2) is 0 Å². The van der Waals surface area contributed by atoms with Crippen LogP contribution in [0.5, 0.6) is 0 Å². The van der Waals surface area contributed by atoms with Crippen molar-refractivity contribution in [2.24, 2.45) is 0 Å². The summed E-state index contributed by atoms with van der Waals surface area (Å²) in [5, 5.41) is 28.1. The third-order valence-electron chi connectivity index (χ3n) is 2.31. The van der Waals surface area contributed by atoms with Crippen molar-refractivity contribution in [3.8, 4) is 0 Å². The number of phosphoric acid groups is 2. The lowest BCUT2D eigenvalue weighted by atomic mass is 9.99. The van der Waals surface area contributed by atoms with E-state index in [1.165, 1.54) is 0 Å². The Bertz CT molecular complexity index is 414. The Kier molecular flexibility index (Phi) is 5.83. The molecule has 1 heterocycles. The number of hydrogen-bond acceptors (Lipinski definition) is 12. The van der Waals surface area contributed by atoms with Crippen LogP contribution in [-0.2, 0) is 22.9 Å². The summed E-state index contributed by atoms with van der Waals surface area (Å²) in [4.78, 5) is 41.4. The van der Waals surface area contributed by atoms with Gasteiger partial charge in [-0.15, -0.1) is 0 Å². The molecule has 0 bridgehead atoms. The van der Waals surface area contributed by atoms with Gasteiger partial charge in [-0.2, -0.15) is 0 Å². The van der Waals surface area contributed by atoms with E-state index in [9.17, 15) is 44.0 Å². The van der Waals surface area contributed by atoms with E-state index in [0.29, 0.717) is 0 Å². The summed E-state index contributed by atoms with van der Waals surface area (Å²) in [6.45, 7) is -1.07. The van der Waals surface area contributed by atoms with Gasteiger partial charge < -0.3 is 57.8 Å². The molecule has 1 aliphatic rings. The van der Waals surface area contributed by atoms with E-state index in [1.54, 1.807) is 0 Å². The monoisotopic (exact) mass is 336 g/mol. The molecule has 1 fully saturated rings. The molecule has 1 rings (SSSR count). The molecular formula is C6H10O12P2-4. The first-order valence-corrected chi connectivity index (χ1v) is 7.89. The Hall–Kier alpha value is 0.0600. The molecule has 0 aromatic carbocycles. The minimum absolute atomic E-state index is 1.07. The molecule has 1 saturated heterocycles. The Morgan fingerprint density at radius 3 is 2.00 bits per heavy atom. The van der Waals surface area contributed by atoms with E-state index in [1.807, 2.05) is 0 Å². The molecule has 0 radical (unpaired) electrons. The highest BCUT2D eigenvalue weighted by atomic mass is 31.2. The van der Waals surface area contributed by atoms with Crippen molar-refractivity contribution in [2.45, 2.75) is 30.7 Å². The summed E-state index contributed by atoms with van der Waals surface area (Å²) < 4.78 is 32.9. The largest absolute Gasteiger partial charge is 0.790 e. The topological polar surface area (TPSA) is 215 Å². The van der Waals surface area contributed by atoms with Gasteiger partial charge in [0, 0.05) is 0 Å². The summed E-state index contributed by atoms with van der Waals surface area (Å²) in [5.74, 6) is 0. The van der Waals surface area contributed by atoms with E-state index in [0.717, 1.165) is 0 Å². The summed E-state index contributed by atoms with van der Waals surface area (Å²) in [6.07, 6.45) is -10.1. The third kappa shape index (κ3) is 5.45. The summed E-state index contributed by atoms with van der Waals surface area (Å²) in [5.41, 5.74) is 0. The number of ether oxygens (including phenoxy) is 1. The molecular weight excluding hydrogens is 326 g/mol. The maximum absolute atomic E-state index is 10.5. The Labute approximate surface area is 112 Å². The van der Waals surface area contributed by atoms with Gasteiger partial charge in [-0.25, -0.2) is 0 Å². The number of aliphatic hydroxyl groups is 3. The van der Waals surface area contributed by atoms with E-state index >= 15 is 0 Å². The lowest BCUT2D eigenvalue weighted by Gasteiger charge is -2.44. The molecule has 12 nitrogen and oxygen atoms in total. The predicted molar refractivity (Wildman–Crippen MR) is 48.9 cm³/mol. The van der Waals surface area contributed by atoms with Gasteiger partial charge in [0.2, 0.25) is 0 Å². The molecule has 20 heavy (non-hydrogen) atoms. The Morgan fingerprint density at radius 2 is 1.55 bits per heavy atom. The highest BCUT2D eigenvalue weighted by molar-refractivity contribution is 7.43. The summed E-state index contributed by atoms with van der Waals surface area (Å²) in [7, 11) is -11.0. The van der Waals surface area contributed by atoms with Crippen LogP contribution in [0.25, 0.3) is 0 Å². The van der Waals surface area contributed by atoms with Crippen LogP contribution in [0.1, 0.15) is 0 Å². The van der Waals surface area contributed by atoms with Gasteiger partial charge in [-0.3, -0.25) is 0 Å². The fourth-order valence-corrected chi connectivity index (χ4v) is 2.37. The molecule has 0 aromatic rings. The molecule has 5 atom stereocenters. The normalized spacial score (nSPS) is 36.0. The quantitative estimate of drug-likeness (QED) is 0.401. The molecule has 0 aliphatic carbocycles. The van der Waals surface area contributed by atoms with Crippen molar-refractivity contribution in [1.82, 2.24) is 0 Å². The first kappa shape index (κ1) is 18.1. The van der Waals surface area contributed by atoms with Crippen molar-refractivity contribution in [3.05, 3.63) is 0 Å². The highest BCUT2D eigenvalue weighted by Gasteiger charge is 2.45. The van der Waals surface area contributed by atoms with Crippen LogP contribution >= 0.6 is 15.6 Å². The van der Waals surface area contributed by atoms with Gasteiger partial charge in [-0.05, 0) is 0 Å². The lowest BCUT2D eigenvalue weighted by Crippen LogP contribution is -2.59. The molecule has 0 unspecified atom stereocenters. The number of rotatable bonds is 5. The van der Waals surface area contributed by atoms with Crippen LogP contribution < -0.4 is 19.6 Å². The number of hydrogen-bond donors (Lipinski definition) is 3. The third-order valence-corrected chi connectivity index (χ3v) is 3.28. The Morgan fingerprint density at radius 1 is 1.00 bits per heavy atom. The molecule has 3 N–H and O–H groups in total. The van der Waals surface area contributed by atoms with E-state index in [-0.39, 0.29) is 0 Å². The number of phosphoric ester groups is 2. The van der Waals surface area contributed by atoms with Crippen LogP contribution in [0.3, 0.4) is 0 Å². The lowest BCUT2D eigenvalue weighted by molar-refractivity contribution is -0.363. The van der Waals surface area contributed by atoms with Crippen LogP contribution in [0, 0.1) is 0 Å². The zero-order valence-electron chi connectivity index (χ0n) is 9.50. The zero-order chi connectivity index (χ0) is 15.7. The maximum Gasteiger partial charge on any atom is 0.184 e. The van der Waals surface area contributed by atoms with Crippen molar-refractivity contribution in [2.75, 3.05) is 6.61 Å². The molecule has 120 valence electrons. The standard InChI is InChI=1S/C6H14O12P2/c7-3-2(1-16-19(10,11)12)17-6(9)4(8)5(3)18-20(13,14)15/h2-9H,1H2,(H2,10,11,12)(H2,13,14,15)/p-4/t2-,3-,4-,5+,6+/m1/s1. The molecule has 0 amide bonds. The number of aliphatic hydroxyl groups excluding tert-OH is 3. The second-order valence-electron chi connectivity index (χ2n) is 3.81. The Balaban J connectivity index is 2.79. The SMILES string of the molecule is O=P([O-])([O-])OC[C@H]1O[C@H](O)[C@H](O)[C@@H](OP(=O)([O-])[O-])[C@@H]1O. The van der Waals surface area contributed by atoms with E-state index < -0.39 is 53.0 Å². The summed E-state index contributed by atoms with van der Waals surface area (Å²) in [6, 6.07) is 0.